The SMILES string of the molecule is CCn1cc(/C=c2\sc3n(c2=O)[C@H](c2cc(Cl)ccc2OC)C(C(=O)OC)=C(C)N=3)c2ccccc21. The van der Waals surface area contributed by atoms with Crippen LogP contribution in [0, 0.1) is 0 Å². The average molecular weight is 522 g/mol. The van der Waals surface area contributed by atoms with Crippen molar-refractivity contribution in [2.45, 2.75) is 26.4 Å². The number of benzene rings is 2. The molecule has 0 saturated heterocycles. The normalized spacial score (nSPS) is 15.7. The van der Waals surface area contributed by atoms with E-state index >= 15 is 0 Å². The standard InChI is InChI=1S/C27H24ClN3O4S/c1-5-30-14-16(18-8-6-7-9-20(18)30)12-22-25(32)31-24(19-13-17(28)10-11-21(19)34-3)23(26(33)35-4)15(2)29-27(31)36-22/h6-14,24H,5H2,1-4H3/b22-12-/t24-/m1/s1. The van der Waals surface area contributed by atoms with Crippen LogP contribution < -0.4 is 19.6 Å². The summed E-state index contributed by atoms with van der Waals surface area (Å²) in [5.74, 6) is -0.0651. The van der Waals surface area contributed by atoms with Crippen LogP contribution in [0.5, 0.6) is 5.75 Å². The van der Waals surface area contributed by atoms with Crippen LogP contribution >= 0.6 is 22.9 Å². The molecule has 0 radical (unpaired) electrons. The van der Waals surface area contributed by atoms with Crippen molar-refractivity contribution >= 4 is 45.9 Å². The fraction of sp³-hybridized carbons (Fsp3) is 0.222. The molecule has 36 heavy (non-hydrogen) atoms. The first-order chi connectivity index (χ1) is 17.4. The molecule has 1 aliphatic rings. The van der Waals surface area contributed by atoms with Crippen LogP contribution in [0.1, 0.15) is 31.0 Å². The third kappa shape index (κ3) is 3.86. The summed E-state index contributed by atoms with van der Waals surface area (Å²) < 4.78 is 14.9. The van der Waals surface area contributed by atoms with E-state index < -0.39 is 12.0 Å². The molecular formula is C27H24ClN3O4S. The topological polar surface area (TPSA) is 74.8 Å². The van der Waals surface area contributed by atoms with Crippen LogP contribution in [-0.2, 0) is 16.1 Å². The van der Waals surface area contributed by atoms with Gasteiger partial charge in [-0.3, -0.25) is 9.36 Å². The number of methoxy groups -OCH3 is 2. The van der Waals surface area contributed by atoms with E-state index in [2.05, 4.69) is 22.5 Å². The largest absolute Gasteiger partial charge is 0.496 e. The van der Waals surface area contributed by atoms with E-state index in [0.717, 1.165) is 23.0 Å². The number of carbonyl (C=O) groups excluding carboxylic acids is 1. The zero-order valence-corrected chi connectivity index (χ0v) is 21.8. The molecule has 3 heterocycles. The number of thiazole rings is 1. The molecule has 7 nitrogen and oxygen atoms in total. The van der Waals surface area contributed by atoms with Gasteiger partial charge >= 0.3 is 5.97 Å². The first-order valence-electron chi connectivity index (χ1n) is 11.4. The van der Waals surface area contributed by atoms with Crippen molar-refractivity contribution in [3.8, 4) is 5.75 Å². The molecular weight excluding hydrogens is 498 g/mol. The summed E-state index contributed by atoms with van der Waals surface area (Å²) in [4.78, 5) is 31.9. The molecule has 0 aliphatic carbocycles. The van der Waals surface area contributed by atoms with Crippen molar-refractivity contribution in [2.75, 3.05) is 14.2 Å². The number of hydrogen-bond acceptors (Lipinski definition) is 6. The second-order valence-corrected chi connectivity index (χ2v) is 9.79. The van der Waals surface area contributed by atoms with Gasteiger partial charge in [-0.1, -0.05) is 41.1 Å². The van der Waals surface area contributed by atoms with E-state index in [1.807, 2.05) is 30.5 Å². The Morgan fingerprint density at radius 1 is 1.22 bits per heavy atom. The van der Waals surface area contributed by atoms with Gasteiger partial charge < -0.3 is 14.0 Å². The highest BCUT2D eigenvalue weighted by Crippen LogP contribution is 2.37. The average Bonchev–Trinajstić information content (AvgIpc) is 3.39. The molecule has 0 unspecified atom stereocenters. The Balaban J connectivity index is 1.80. The third-order valence-electron chi connectivity index (χ3n) is 6.36. The highest BCUT2D eigenvalue weighted by Gasteiger charge is 2.35. The summed E-state index contributed by atoms with van der Waals surface area (Å²) >= 11 is 7.62. The second-order valence-electron chi connectivity index (χ2n) is 8.35. The van der Waals surface area contributed by atoms with E-state index in [0.29, 0.717) is 31.4 Å². The number of para-hydroxylation sites is 1. The van der Waals surface area contributed by atoms with Gasteiger partial charge in [0.1, 0.15) is 11.8 Å². The number of esters is 1. The Hall–Kier alpha value is -3.62. The number of hydrogen-bond donors (Lipinski definition) is 0. The molecule has 2 aromatic carbocycles. The monoisotopic (exact) mass is 521 g/mol. The van der Waals surface area contributed by atoms with Gasteiger partial charge in [-0.2, -0.15) is 0 Å². The van der Waals surface area contributed by atoms with Crippen molar-refractivity contribution < 1.29 is 14.3 Å². The van der Waals surface area contributed by atoms with Crippen molar-refractivity contribution in [3.63, 3.8) is 0 Å². The van der Waals surface area contributed by atoms with Gasteiger partial charge in [0.25, 0.3) is 5.56 Å². The molecule has 1 atom stereocenters. The minimum absolute atomic E-state index is 0.256. The lowest BCUT2D eigenvalue weighted by Gasteiger charge is -2.25. The first-order valence-corrected chi connectivity index (χ1v) is 12.6. The zero-order valence-electron chi connectivity index (χ0n) is 20.2. The second kappa shape index (κ2) is 9.44. The molecule has 184 valence electrons. The highest BCUT2D eigenvalue weighted by atomic mass is 35.5. The maximum atomic E-state index is 13.9. The number of aromatic nitrogens is 2. The van der Waals surface area contributed by atoms with Gasteiger partial charge in [-0.05, 0) is 44.2 Å². The smallest absolute Gasteiger partial charge is 0.338 e. The number of fused-ring (bicyclic) bond motifs is 2. The number of carbonyl (C=O) groups is 1. The van der Waals surface area contributed by atoms with Crippen LogP contribution in [-0.4, -0.2) is 29.3 Å². The molecule has 9 heteroatoms. The van der Waals surface area contributed by atoms with Crippen LogP contribution in [0.15, 0.2) is 69.7 Å². The Labute approximate surface area is 216 Å². The molecule has 0 fully saturated rings. The summed E-state index contributed by atoms with van der Waals surface area (Å²) in [6.45, 7) is 4.63. The van der Waals surface area contributed by atoms with Crippen LogP contribution in [0.3, 0.4) is 0 Å². The fourth-order valence-electron chi connectivity index (χ4n) is 4.70. The lowest BCUT2D eigenvalue weighted by molar-refractivity contribution is -0.136. The molecule has 0 amide bonds. The fourth-order valence-corrected chi connectivity index (χ4v) is 5.92. The molecule has 4 aromatic rings. The highest BCUT2D eigenvalue weighted by molar-refractivity contribution is 7.07. The minimum atomic E-state index is -0.804. The predicted octanol–water partition coefficient (Wildman–Crippen LogP) is 4.04. The summed E-state index contributed by atoms with van der Waals surface area (Å²) in [5.41, 5.74) is 3.11. The molecule has 0 N–H and O–H groups in total. The number of rotatable bonds is 5. The number of ether oxygens (including phenoxy) is 2. The quantitative estimate of drug-likeness (QED) is 0.371. The van der Waals surface area contributed by atoms with Gasteiger partial charge in [0.15, 0.2) is 4.80 Å². The molecule has 1 aliphatic heterocycles. The Bertz CT molecular complexity index is 1730. The maximum absolute atomic E-state index is 13.9. The summed E-state index contributed by atoms with van der Waals surface area (Å²) in [5, 5.41) is 1.52. The Morgan fingerprint density at radius 2 is 2.00 bits per heavy atom. The lowest BCUT2D eigenvalue weighted by Crippen LogP contribution is -2.40. The van der Waals surface area contributed by atoms with E-state index in [1.165, 1.54) is 30.1 Å². The number of allylic oxidation sites excluding steroid dienone is 1. The van der Waals surface area contributed by atoms with Gasteiger partial charge in [0.2, 0.25) is 0 Å². The third-order valence-corrected chi connectivity index (χ3v) is 7.58. The van der Waals surface area contributed by atoms with Crippen LogP contribution in [0.2, 0.25) is 5.02 Å². The van der Waals surface area contributed by atoms with Crippen LogP contribution in [0.25, 0.3) is 17.0 Å². The summed E-state index contributed by atoms with van der Waals surface area (Å²) in [6, 6.07) is 12.4. The predicted molar refractivity (Wildman–Crippen MR) is 141 cm³/mol. The lowest BCUT2D eigenvalue weighted by atomic mass is 9.95. The van der Waals surface area contributed by atoms with Crippen molar-refractivity contribution in [3.05, 3.63) is 95.8 Å². The van der Waals surface area contributed by atoms with Gasteiger partial charge in [0, 0.05) is 39.8 Å². The maximum Gasteiger partial charge on any atom is 0.338 e. The molecule has 0 bridgehead atoms. The number of halogens is 1. The minimum Gasteiger partial charge on any atom is -0.496 e. The Kier molecular flexibility index (Phi) is 6.32. The summed E-state index contributed by atoms with van der Waals surface area (Å²) in [6.07, 6.45) is 3.94. The van der Waals surface area contributed by atoms with Gasteiger partial charge in [0.05, 0.1) is 30.0 Å². The number of aryl methyl sites for hydroxylation is 1. The zero-order chi connectivity index (χ0) is 25.6. The Morgan fingerprint density at radius 3 is 2.72 bits per heavy atom. The van der Waals surface area contributed by atoms with E-state index in [4.69, 9.17) is 21.1 Å². The first kappa shape index (κ1) is 24.1. The summed E-state index contributed by atoms with van der Waals surface area (Å²) in [7, 11) is 2.85. The van der Waals surface area contributed by atoms with Gasteiger partial charge in [-0.25, -0.2) is 9.79 Å². The van der Waals surface area contributed by atoms with Crippen molar-refractivity contribution in [1.82, 2.24) is 9.13 Å². The van der Waals surface area contributed by atoms with Gasteiger partial charge in [-0.15, -0.1) is 0 Å². The molecule has 0 saturated carbocycles. The number of nitrogens with zero attached hydrogens (tertiary/aromatic N) is 3. The van der Waals surface area contributed by atoms with Crippen molar-refractivity contribution in [2.24, 2.45) is 4.99 Å². The van der Waals surface area contributed by atoms with Crippen molar-refractivity contribution in [1.29, 1.82) is 0 Å². The van der Waals surface area contributed by atoms with Crippen LogP contribution in [0.4, 0.5) is 0 Å². The van der Waals surface area contributed by atoms with E-state index in [1.54, 1.807) is 25.1 Å². The van der Waals surface area contributed by atoms with E-state index in [9.17, 15) is 9.59 Å². The van der Waals surface area contributed by atoms with E-state index in [-0.39, 0.29) is 11.1 Å². The molecule has 2 aromatic heterocycles. The molecule has 5 rings (SSSR count). The molecule has 0 spiro atoms.